The predicted molar refractivity (Wildman–Crippen MR) is 67.6 cm³/mol. The van der Waals surface area contributed by atoms with Crippen molar-refractivity contribution in [1.82, 2.24) is 10.2 Å². The lowest BCUT2D eigenvalue weighted by Gasteiger charge is -2.42. The van der Waals surface area contributed by atoms with Crippen LogP contribution in [0.15, 0.2) is 12.2 Å². The maximum absolute atomic E-state index is 11.5. The number of nitrogens with one attached hydrogen (secondary N) is 1. The number of amides is 1. The van der Waals surface area contributed by atoms with Crippen LogP contribution in [0.2, 0.25) is 0 Å². The number of fused-ring (bicyclic) bond motifs is 1. The van der Waals surface area contributed by atoms with Crippen LogP contribution in [-0.4, -0.2) is 36.0 Å². The van der Waals surface area contributed by atoms with Crippen LogP contribution in [0.4, 0.5) is 0 Å². The van der Waals surface area contributed by atoms with E-state index >= 15 is 0 Å². The van der Waals surface area contributed by atoms with Crippen LogP contribution in [0.3, 0.4) is 0 Å². The number of allylic oxidation sites excluding steroid dienone is 1. The van der Waals surface area contributed by atoms with Gasteiger partial charge in [-0.05, 0) is 38.0 Å². The van der Waals surface area contributed by atoms with Crippen LogP contribution < -0.4 is 5.32 Å². The minimum atomic E-state index is 0.339. The van der Waals surface area contributed by atoms with Gasteiger partial charge in [0.15, 0.2) is 0 Å². The Morgan fingerprint density at radius 1 is 1.59 bits per heavy atom. The van der Waals surface area contributed by atoms with E-state index in [9.17, 15) is 4.79 Å². The molecule has 94 valence electrons. The molecule has 1 saturated carbocycles. The lowest BCUT2D eigenvalue weighted by atomic mass is 9.71. The molecule has 1 amide bonds. The van der Waals surface area contributed by atoms with Gasteiger partial charge in [-0.25, -0.2) is 0 Å². The Morgan fingerprint density at radius 2 is 2.47 bits per heavy atom. The lowest BCUT2D eigenvalue weighted by molar-refractivity contribution is -0.128. The average Bonchev–Trinajstić information content (AvgIpc) is 2.83. The molecule has 1 saturated heterocycles. The second-order valence-corrected chi connectivity index (χ2v) is 5.85. The first kappa shape index (κ1) is 11.3. The highest BCUT2D eigenvalue weighted by Crippen LogP contribution is 2.42. The molecule has 0 aromatic carbocycles. The molecular formula is C14H22N2O. The maximum Gasteiger partial charge on any atom is 0.222 e. The number of carbonyl (C=O) groups is 1. The van der Waals surface area contributed by atoms with Crippen molar-refractivity contribution in [2.75, 3.05) is 13.1 Å². The highest BCUT2D eigenvalue weighted by molar-refractivity contribution is 5.78. The van der Waals surface area contributed by atoms with Crippen molar-refractivity contribution >= 4 is 5.91 Å². The Morgan fingerprint density at radius 3 is 3.18 bits per heavy atom. The molecule has 17 heavy (non-hydrogen) atoms. The highest BCUT2D eigenvalue weighted by Gasteiger charge is 2.41. The number of rotatable bonds is 4. The quantitative estimate of drug-likeness (QED) is 0.749. The van der Waals surface area contributed by atoms with Gasteiger partial charge in [-0.3, -0.25) is 4.79 Å². The van der Waals surface area contributed by atoms with Gasteiger partial charge in [-0.2, -0.15) is 0 Å². The molecule has 3 aliphatic rings. The Hall–Kier alpha value is -0.830. The van der Waals surface area contributed by atoms with Crippen LogP contribution >= 0.6 is 0 Å². The number of hydrogen-bond acceptors (Lipinski definition) is 2. The van der Waals surface area contributed by atoms with E-state index in [4.69, 9.17) is 0 Å². The van der Waals surface area contributed by atoms with Gasteiger partial charge in [0.25, 0.3) is 0 Å². The van der Waals surface area contributed by atoms with Gasteiger partial charge in [0, 0.05) is 31.6 Å². The smallest absolute Gasteiger partial charge is 0.222 e. The zero-order valence-electron chi connectivity index (χ0n) is 10.6. The van der Waals surface area contributed by atoms with E-state index in [1.54, 1.807) is 0 Å². The lowest BCUT2D eigenvalue weighted by Crippen LogP contribution is -2.53. The molecule has 3 nitrogen and oxygen atoms in total. The van der Waals surface area contributed by atoms with Gasteiger partial charge in [-0.15, -0.1) is 0 Å². The van der Waals surface area contributed by atoms with Crippen LogP contribution in [0, 0.1) is 11.8 Å². The Bertz CT molecular complexity index is 339. The van der Waals surface area contributed by atoms with E-state index in [0.717, 1.165) is 37.8 Å². The molecule has 0 spiro atoms. The van der Waals surface area contributed by atoms with Crippen molar-refractivity contribution in [2.45, 2.75) is 44.7 Å². The minimum Gasteiger partial charge on any atom is -0.341 e. The second-order valence-electron chi connectivity index (χ2n) is 5.85. The number of hydrogen-bond donors (Lipinski definition) is 1. The van der Waals surface area contributed by atoms with E-state index in [-0.39, 0.29) is 0 Å². The first-order valence-corrected chi connectivity index (χ1v) is 6.94. The average molecular weight is 234 g/mol. The number of carbonyl (C=O) groups excluding carboxylic acids is 1. The molecular weight excluding hydrogens is 212 g/mol. The van der Waals surface area contributed by atoms with Crippen molar-refractivity contribution < 1.29 is 4.79 Å². The summed E-state index contributed by atoms with van der Waals surface area (Å²) in [7, 11) is 0. The third kappa shape index (κ3) is 2.13. The van der Waals surface area contributed by atoms with Crippen molar-refractivity contribution in [3.8, 4) is 0 Å². The molecule has 1 N–H and O–H groups in total. The molecule has 3 rings (SSSR count). The summed E-state index contributed by atoms with van der Waals surface area (Å²) in [5.74, 6) is 2.02. The van der Waals surface area contributed by atoms with Gasteiger partial charge < -0.3 is 10.2 Å². The molecule has 0 aromatic rings. The number of nitrogens with zero attached hydrogens (tertiary/aromatic N) is 1. The summed E-state index contributed by atoms with van der Waals surface area (Å²) in [4.78, 5) is 13.6. The zero-order chi connectivity index (χ0) is 11.8. The summed E-state index contributed by atoms with van der Waals surface area (Å²) in [6.07, 6.45) is 9.09. The highest BCUT2D eigenvalue weighted by atomic mass is 16.2. The van der Waals surface area contributed by atoms with E-state index in [1.807, 2.05) is 4.90 Å². The fraction of sp³-hybridized carbons (Fsp3) is 0.786. The van der Waals surface area contributed by atoms with Gasteiger partial charge >= 0.3 is 0 Å². The standard InChI is InChI=1S/C14H22N2O/c1-10(9-16-7-3-6-14(16)17)15-13-8-11-4-2-5-12(11)13/h2,5,10-13,15H,3-4,6-9H2,1H3. The summed E-state index contributed by atoms with van der Waals surface area (Å²) in [5.41, 5.74) is 0. The number of likely N-dealkylation sites (tertiary alicyclic amines) is 1. The largest absolute Gasteiger partial charge is 0.341 e. The second kappa shape index (κ2) is 4.45. The van der Waals surface area contributed by atoms with Crippen molar-refractivity contribution in [3.05, 3.63) is 12.2 Å². The SMILES string of the molecule is CC(CN1CCCC1=O)NC1CC2CC=CC21. The predicted octanol–water partition coefficient (Wildman–Crippen LogP) is 1.55. The van der Waals surface area contributed by atoms with Gasteiger partial charge in [-0.1, -0.05) is 12.2 Å². The van der Waals surface area contributed by atoms with Crippen LogP contribution in [0.1, 0.15) is 32.6 Å². The molecule has 0 bridgehead atoms. The van der Waals surface area contributed by atoms with Gasteiger partial charge in [0.2, 0.25) is 5.91 Å². The molecule has 2 fully saturated rings. The fourth-order valence-corrected chi connectivity index (χ4v) is 3.55. The zero-order valence-corrected chi connectivity index (χ0v) is 10.6. The molecule has 2 aliphatic carbocycles. The topological polar surface area (TPSA) is 32.3 Å². The molecule has 1 heterocycles. The summed E-state index contributed by atoms with van der Waals surface area (Å²) >= 11 is 0. The molecule has 4 unspecified atom stereocenters. The van der Waals surface area contributed by atoms with Crippen LogP contribution in [0.25, 0.3) is 0 Å². The monoisotopic (exact) mass is 234 g/mol. The summed E-state index contributed by atoms with van der Waals surface area (Å²) in [6.45, 7) is 4.05. The first-order valence-electron chi connectivity index (χ1n) is 6.94. The molecule has 0 aromatic heterocycles. The summed E-state index contributed by atoms with van der Waals surface area (Å²) in [6, 6.07) is 1.09. The Labute approximate surface area is 103 Å². The third-order valence-electron chi connectivity index (χ3n) is 4.53. The van der Waals surface area contributed by atoms with E-state index in [1.165, 1.54) is 12.8 Å². The van der Waals surface area contributed by atoms with Crippen molar-refractivity contribution in [1.29, 1.82) is 0 Å². The minimum absolute atomic E-state index is 0.339. The van der Waals surface area contributed by atoms with Crippen LogP contribution in [0.5, 0.6) is 0 Å². The van der Waals surface area contributed by atoms with Crippen LogP contribution in [-0.2, 0) is 4.79 Å². The van der Waals surface area contributed by atoms with Crippen molar-refractivity contribution in [2.24, 2.45) is 11.8 Å². The maximum atomic E-state index is 11.5. The molecule has 3 heteroatoms. The normalized spacial score (nSPS) is 37.1. The van der Waals surface area contributed by atoms with Gasteiger partial charge in [0.1, 0.15) is 0 Å². The Kier molecular flexibility index (Phi) is 2.95. The third-order valence-corrected chi connectivity index (χ3v) is 4.53. The van der Waals surface area contributed by atoms with E-state index in [0.29, 0.717) is 18.0 Å². The fourth-order valence-electron chi connectivity index (χ4n) is 3.55. The first-order chi connectivity index (χ1) is 8.24. The molecule has 4 atom stereocenters. The van der Waals surface area contributed by atoms with E-state index < -0.39 is 0 Å². The summed E-state index contributed by atoms with van der Waals surface area (Å²) in [5, 5.41) is 3.69. The Balaban J connectivity index is 1.46. The molecule has 0 radical (unpaired) electrons. The molecule has 1 aliphatic heterocycles. The van der Waals surface area contributed by atoms with E-state index in [2.05, 4.69) is 24.4 Å². The van der Waals surface area contributed by atoms with Crippen molar-refractivity contribution in [3.63, 3.8) is 0 Å². The summed E-state index contributed by atoms with van der Waals surface area (Å²) < 4.78 is 0. The van der Waals surface area contributed by atoms with Gasteiger partial charge in [0.05, 0.1) is 0 Å².